The Morgan fingerprint density at radius 2 is 2.31 bits per heavy atom. The Bertz CT molecular complexity index is 481. The molecule has 1 atom stereocenters. The summed E-state index contributed by atoms with van der Waals surface area (Å²) >= 11 is 5.25. The minimum atomic E-state index is 0.0161. The zero-order valence-electron chi connectivity index (χ0n) is 8.98. The maximum Gasteiger partial charge on any atom is 0.0359 e. The first-order valence-corrected chi connectivity index (χ1v) is 6.73. The van der Waals surface area contributed by atoms with Crippen LogP contribution in [0.1, 0.15) is 22.0 Å². The summed E-state index contributed by atoms with van der Waals surface area (Å²) in [7, 11) is 0. The zero-order chi connectivity index (χ0) is 11.5. The molecule has 0 spiro atoms. The molecule has 0 bridgehead atoms. The third-order valence-electron chi connectivity index (χ3n) is 2.42. The molecule has 0 amide bonds. The van der Waals surface area contributed by atoms with E-state index in [4.69, 9.17) is 5.73 Å². The fourth-order valence-electron chi connectivity index (χ4n) is 1.57. The van der Waals surface area contributed by atoms with Crippen molar-refractivity contribution in [3.05, 3.63) is 50.4 Å². The number of rotatable bonds is 3. The zero-order valence-corrected chi connectivity index (χ0v) is 11.4. The molecule has 0 saturated heterocycles. The molecule has 0 aliphatic rings. The van der Waals surface area contributed by atoms with Crippen LogP contribution in [-0.4, -0.2) is 4.98 Å². The van der Waals surface area contributed by atoms with Gasteiger partial charge < -0.3 is 5.73 Å². The predicted octanol–water partition coefficient (Wildman–Crippen LogP) is 3.46. The van der Waals surface area contributed by atoms with Gasteiger partial charge in [-0.05, 0) is 45.4 Å². The van der Waals surface area contributed by atoms with E-state index in [0.717, 1.165) is 22.0 Å². The number of hydrogen-bond acceptors (Lipinski definition) is 3. The second kappa shape index (κ2) is 5.08. The monoisotopic (exact) mass is 296 g/mol. The summed E-state index contributed by atoms with van der Waals surface area (Å²) in [5.41, 5.74) is 8.42. The number of aromatic nitrogens is 1. The van der Waals surface area contributed by atoms with E-state index in [9.17, 15) is 0 Å². The van der Waals surface area contributed by atoms with Gasteiger partial charge in [-0.2, -0.15) is 0 Å². The van der Waals surface area contributed by atoms with E-state index >= 15 is 0 Å². The average Bonchev–Trinajstić information content (AvgIpc) is 2.64. The number of nitrogens with zero attached hydrogens (tertiary/aromatic N) is 1. The standard InChI is InChI=1S/C12H13BrN2S/c1-8-4-9(7-15-6-8)11(14)5-12-10(13)2-3-16-12/h2-4,6-7,11H,5,14H2,1H3. The van der Waals surface area contributed by atoms with Gasteiger partial charge in [-0.25, -0.2) is 0 Å². The summed E-state index contributed by atoms with van der Waals surface area (Å²) in [6.45, 7) is 2.03. The third-order valence-corrected chi connectivity index (χ3v) is 4.37. The smallest absolute Gasteiger partial charge is 0.0359 e. The molecule has 0 fully saturated rings. The Balaban J connectivity index is 2.14. The molecule has 0 radical (unpaired) electrons. The minimum Gasteiger partial charge on any atom is -0.324 e. The predicted molar refractivity (Wildman–Crippen MR) is 71.6 cm³/mol. The molecule has 2 aromatic heterocycles. The van der Waals surface area contributed by atoms with Crippen LogP contribution in [0.4, 0.5) is 0 Å². The van der Waals surface area contributed by atoms with Gasteiger partial charge in [0.2, 0.25) is 0 Å². The molecule has 2 N–H and O–H groups in total. The fourth-order valence-corrected chi connectivity index (χ4v) is 3.14. The maximum absolute atomic E-state index is 6.17. The molecule has 2 rings (SSSR count). The largest absolute Gasteiger partial charge is 0.324 e. The molecule has 0 aromatic carbocycles. The van der Waals surface area contributed by atoms with Gasteiger partial charge in [-0.3, -0.25) is 4.98 Å². The van der Waals surface area contributed by atoms with Crippen molar-refractivity contribution in [3.63, 3.8) is 0 Å². The molecule has 2 aromatic rings. The number of nitrogens with two attached hydrogens (primary N) is 1. The van der Waals surface area contributed by atoms with E-state index in [2.05, 4.69) is 38.4 Å². The number of halogens is 1. The molecule has 2 heterocycles. The van der Waals surface area contributed by atoms with E-state index in [0.29, 0.717) is 0 Å². The van der Waals surface area contributed by atoms with Crippen LogP contribution in [0, 0.1) is 6.92 Å². The maximum atomic E-state index is 6.17. The summed E-state index contributed by atoms with van der Waals surface area (Å²) in [6.07, 6.45) is 4.54. The normalized spacial score (nSPS) is 12.7. The van der Waals surface area contributed by atoms with Crippen LogP contribution in [0.5, 0.6) is 0 Å². The van der Waals surface area contributed by atoms with Crippen molar-refractivity contribution in [1.29, 1.82) is 0 Å². The van der Waals surface area contributed by atoms with Crippen LogP contribution in [0.25, 0.3) is 0 Å². The highest BCUT2D eigenvalue weighted by Gasteiger charge is 2.10. The van der Waals surface area contributed by atoms with Crippen molar-refractivity contribution in [3.8, 4) is 0 Å². The third kappa shape index (κ3) is 2.70. The fraction of sp³-hybridized carbons (Fsp3) is 0.250. The number of aryl methyl sites for hydroxylation is 1. The van der Waals surface area contributed by atoms with E-state index < -0.39 is 0 Å². The quantitative estimate of drug-likeness (QED) is 0.942. The molecule has 2 nitrogen and oxygen atoms in total. The molecule has 0 aliphatic carbocycles. The van der Waals surface area contributed by atoms with E-state index in [1.54, 1.807) is 11.3 Å². The van der Waals surface area contributed by atoms with Crippen molar-refractivity contribution >= 4 is 27.3 Å². The van der Waals surface area contributed by atoms with E-state index in [-0.39, 0.29) is 6.04 Å². The van der Waals surface area contributed by atoms with Crippen LogP contribution in [0.2, 0.25) is 0 Å². The molecule has 1 unspecified atom stereocenters. The first-order chi connectivity index (χ1) is 7.66. The Hall–Kier alpha value is -0.710. The van der Waals surface area contributed by atoms with Crippen molar-refractivity contribution in [2.75, 3.05) is 0 Å². The molecular weight excluding hydrogens is 284 g/mol. The average molecular weight is 297 g/mol. The van der Waals surface area contributed by atoms with Crippen LogP contribution in [-0.2, 0) is 6.42 Å². The van der Waals surface area contributed by atoms with Gasteiger partial charge in [-0.1, -0.05) is 6.07 Å². The van der Waals surface area contributed by atoms with Crippen LogP contribution < -0.4 is 5.73 Å². The Morgan fingerprint density at radius 1 is 1.50 bits per heavy atom. The molecular formula is C12H13BrN2S. The molecule has 0 aliphatic heterocycles. The van der Waals surface area contributed by atoms with Crippen molar-refractivity contribution < 1.29 is 0 Å². The lowest BCUT2D eigenvalue weighted by molar-refractivity contribution is 0.723. The van der Waals surface area contributed by atoms with E-state index in [1.807, 2.05) is 19.3 Å². The molecule has 4 heteroatoms. The van der Waals surface area contributed by atoms with Gasteiger partial charge in [-0.15, -0.1) is 11.3 Å². The summed E-state index contributed by atoms with van der Waals surface area (Å²) in [5.74, 6) is 0. The lowest BCUT2D eigenvalue weighted by Crippen LogP contribution is -2.13. The Morgan fingerprint density at radius 3 is 2.94 bits per heavy atom. The van der Waals surface area contributed by atoms with Crippen LogP contribution in [0.3, 0.4) is 0 Å². The number of thiophene rings is 1. The van der Waals surface area contributed by atoms with Gasteiger partial charge in [0.15, 0.2) is 0 Å². The van der Waals surface area contributed by atoms with E-state index in [1.165, 1.54) is 4.88 Å². The summed E-state index contributed by atoms with van der Waals surface area (Å²) in [5, 5.41) is 2.07. The first-order valence-electron chi connectivity index (χ1n) is 5.06. The Kier molecular flexibility index (Phi) is 3.74. The number of hydrogen-bond donors (Lipinski definition) is 1. The molecule has 84 valence electrons. The highest BCUT2D eigenvalue weighted by atomic mass is 79.9. The SMILES string of the molecule is Cc1cncc(C(N)Cc2sccc2Br)c1. The van der Waals surface area contributed by atoms with Crippen LogP contribution >= 0.6 is 27.3 Å². The Labute approximate surface area is 108 Å². The second-order valence-electron chi connectivity index (χ2n) is 3.80. The van der Waals surface area contributed by atoms with Gasteiger partial charge >= 0.3 is 0 Å². The van der Waals surface area contributed by atoms with Gasteiger partial charge in [0, 0.05) is 34.2 Å². The van der Waals surface area contributed by atoms with Crippen molar-refractivity contribution in [2.45, 2.75) is 19.4 Å². The summed E-state index contributed by atoms with van der Waals surface area (Å²) in [6, 6.07) is 4.17. The van der Waals surface area contributed by atoms with Crippen LogP contribution in [0.15, 0.2) is 34.4 Å². The topological polar surface area (TPSA) is 38.9 Å². The highest BCUT2D eigenvalue weighted by molar-refractivity contribution is 9.10. The molecule has 16 heavy (non-hydrogen) atoms. The second-order valence-corrected chi connectivity index (χ2v) is 5.65. The van der Waals surface area contributed by atoms with Gasteiger partial charge in [0.25, 0.3) is 0 Å². The highest BCUT2D eigenvalue weighted by Crippen LogP contribution is 2.27. The molecule has 0 saturated carbocycles. The summed E-state index contributed by atoms with van der Waals surface area (Å²) in [4.78, 5) is 5.45. The lowest BCUT2D eigenvalue weighted by Gasteiger charge is -2.11. The minimum absolute atomic E-state index is 0.0161. The van der Waals surface area contributed by atoms with Gasteiger partial charge in [0.05, 0.1) is 0 Å². The number of pyridine rings is 1. The van der Waals surface area contributed by atoms with Crippen molar-refractivity contribution in [2.24, 2.45) is 5.73 Å². The first kappa shape index (κ1) is 11.8. The summed E-state index contributed by atoms with van der Waals surface area (Å²) < 4.78 is 1.15. The van der Waals surface area contributed by atoms with Gasteiger partial charge in [0.1, 0.15) is 0 Å². The van der Waals surface area contributed by atoms with Crippen molar-refractivity contribution in [1.82, 2.24) is 4.98 Å². The lowest BCUT2D eigenvalue weighted by atomic mass is 10.0.